The molecular weight excluding hydrogens is 272 g/mol. The number of nitrogen functional groups attached to an aromatic ring is 1. The van der Waals surface area contributed by atoms with Crippen LogP contribution in [0.25, 0.3) is 0 Å². The molecule has 0 spiro atoms. The predicted octanol–water partition coefficient (Wildman–Crippen LogP) is 2.85. The molecule has 0 radical (unpaired) electrons. The molecule has 1 aromatic carbocycles. The van der Waals surface area contributed by atoms with Crippen molar-refractivity contribution in [3.05, 3.63) is 23.3 Å². The third-order valence-corrected chi connectivity index (χ3v) is 5.74. The highest BCUT2D eigenvalue weighted by atomic mass is 32.2. The Morgan fingerprint density at radius 2 is 1.80 bits per heavy atom. The Hall–Kier alpha value is -1.07. The molecule has 4 nitrogen and oxygen atoms in total. The Labute approximate surface area is 122 Å². The van der Waals surface area contributed by atoms with Crippen LogP contribution in [0.3, 0.4) is 0 Å². The summed E-state index contributed by atoms with van der Waals surface area (Å²) in [7, 11) is -3.53. The van der Waals surface area contributed by atoms with Crippen molar-refractivity contribution in [3.8, 4) is 0 Å². The van der Waals surface area contributed by atoms with Gasteiger partial charge in [0.25, 0.3) is 0 Å². The molecule has 20 heavy (non-hydrogen) atoms. The molecule has 114 valence electrons. The molecule has 0 fully saturated rings. The molecule has 5 heteroatoms. The summed E-state index contributed by atoms with van der Waals surface area (Å²) in [6.07, 6.45) is 0. The molecular formula is C15H26N2O2S. The number of anilines is 1. The number of nitrogens with one attached hydrogen (secondary N) is 1. The quantitative estimate of drug-likeness (QED) is 0.821. The first-order valence-corrected chi connectivity index (χ1v) is 8.32. The highest BCUT2D eigenvalue weighted by molar-refractivity contribution is 7.89. The maximum Gasteiger partial charge on any atom is 0.240 e. The van der Waals surface area contributed by atoms with E-state index in [0.29, 0.717) is 18.2 Å². The Kier molecular flexibility index (Phi) is 4.87. The summed E-state index contributed by atoms with van der Waals surface area (Å²) in [5.41, 5.74) is 7.76. The van der Waals surface area contributed by atoms with E-state index in [1.165, 1.54) is 6.07 Å². The molecule has 0 bridgehead atoms. The Morgan fingerprint density at radius 3 is 2.30 bits per heavy atom. The summed E-state index contributed by atoms with van der Waals surface area (Å²) < 4.78 is 27.6. The lowest BCUT2D eigenvalue weighted by molar-refractivity contribution is 0.252. The van der Waals surface area contributed by atoms with Crippen LogP contribution in [-0.2, 0) is 10.0 Å². The lowest BCUT2D eigenvalue weighted by atomic mass is 9.81. The predicted molar refractivity (Wildman–Crippen MR) is 84.1 cm³/mol. The molecule has 0 saturated heterocycles. The highest BCUT2D eigenvalue weighted by Crippen LogP contribution is 2.27. The maximum absolute atomic E-state index is 12.5. The number of sulfonamides is 1. The van der Waals surface area contributed by atoms with Gasteiger partial charge in [0.05, 0.1) is 4.90 Å². The first kappa shape index (κ1) is 17.0. The fraction of sp³-hybridized carbons (Fsp3) is 0.600. The van der Waals surface area contributed by atoms with Gasteiger partial charge < -0.3 is 5.73 Å². The van der Waals surface area contributed by atoms with Gasteiger partial charge in [-0.1, -0.05) is 27.7 Å². The van der Waals surface area contributed by atoms with Gasteiger partial charge >= 0.3 is 0 Å². The zero-order valence-electron chi connectivity index (χ0n) is 13.2. The van der Waals surface area contributed by atoms with Gasteiger partial charge in [0.15, 0.2) is 0 Å². The van der Waals surface area contributed by atoms with Gasteiger partial charge in [0.1, 0.15) is 0 Å². The zero-order valence-corrected chi connectivity index (χ0v) is 14.1. The molecule has 0 unspecified atom stereocenters. The topological polar surface area (TPSA) is 72.2 Å². The first-order valence-electron chi connectivity index (χ1n) is 6.84. The molecule has 1 rings (SSSR count). The minimum absolute atomic E-state index is 0.101. The summed E-state index contributed by atoms with van der Waals surface area (Å²) in [5, 5.41) is 0. The Morgan fingerprint density at radius 1 is 1.25 bits per heavy atom. The third-order valence-electron chi connectivity index (χ3n) is 4.21. The van der Waals surface area contributed by atoms with Crippen LogP contribution in [0.5, 0.6) is 0 Å². The summed E-state index contributed by atoms with van der Waals surface area (Å²) >= 11 is 0. The molecule has 0 saturated carbocycles. The van der Waals surface area contributed by atoms with Crippen molar-refractivity contribution >= 4 is 15.7 Å². The molecule has 0 aliphatic carbocycles. The van der Waals surface area contributed by atoms with Crippen LogP contribution >= 0.6 is 0 Å². The summed E-state index contributed by atoms with van der Waals surface area (Å²) in [6.45, 7) is 12.4. The van der Waals surface area contributed by atoms with E-state index in [2.05, 4.69) is 32.4 Å². The van der Waals surface area contributed by atoms with Crippen molar-refractivity contribution in [2.24, 2.45) is 11.3 Å². The van der Waals surface area contributed by atoms with Crippen molar-refractivity contribution in [2.45, 2.75) is 46.4 Å². The van der Waals surface area contributed by atoms with Crippen molar-refractivity contribution < 1.29 is 8.42 Å². The second kappa shape index (κ2) is 5.74. The summed E-state index contributed by atoms with van der Waals surface area (Å²) in [5.74, 6) is 0.383. The number of nitrogens with two attached hydrogens (primary N) is 1. The smallest absolute Gasteiger partial charge is 0.240 e. The lowest BCUT2D eigenvalue weighted by Crippen LogP contribution is -2.37. The minimum Gasteiger partial charge on any atom is -0.399 e. The van der Waals surface area contributed by atoms with Crippen LogP contribution < -0.4 is 10.5 Å². The standard InChI is InChI=1S/C15H26N2O2S/c1-10(2)15(5,6)9-17-20(18,19)14-8-13(16)7-11(3)12(14)4/h7-8,10,17H,9,16H2,1-6H3. The van der Waals surface area contributed by atoms with Gasteiger partial charge in [0, 0.05) is 12.2 Å². The number of rotatable bonds is 5. The number of hydrogen-bond donors (Lipinski definition) is 2. The van der Waals surface area contributed by atoms with Crippen LogP contribution in [0.1, 0.15) is 38.8 Å². The monoisotopic (exact) mass is 298 g/mol. The van der Waals surface area contributed by atoms with Gasteiger partial charge in [-0.25, -0.2) is 13.1 Å². The molecule has 3 N–H and O–H groups in total. The second-order valence-corrected chi connectivity index (χ2v) is 8.16. The number of hydrogen-bond acceptors (Lipinski definition) is 3. The van der Waals surface area contributed by atoms with Crippen LogP contribution in [0, 0.1) is 25.2 Å². The van der Waals surface area contributed by atoms with Gasteiger partial charge in [-0.15, -0.1) is 0 Å². The maximum atomic E-state index is 12.5. The van der Waals surface area contributed by atoms with E-state index in [0.717, 1.165) is 11.1 Å². The zero-order chi connectivity index (χ0) is 15.7. The minimum atomic E-state index is -3.53. The average molecular weight is 298 g/mol. The highest BCUT2D eigenvalue weighted by Gasteiger charge is 2.26. The van der Waals surface area contributed by atoms with E-state index in [4.69, 9.17) is 5.73 Å². The van der Waals surface area contributed by atoms with Crippen LogP contribution in [0.2, 0.25) is 0 Å². The molecule has 0 amide bonds. The largest absolute Gasteiger partial charge is 0.399 e. The fourth-order valence-corrected chi connectivity index (χ4v) is 3.27. The first-order chi connectivity index (χ1) is 8.97. The van der Waals surface area contributed by atoms with E-state index in [9.17, 15) is 8.42 Å². The van der Waals surface area contributed by atoms with E-state index < -0.39 is 10.0 Å². The summed E-state index contributed by atoms with van der Waals surface area (Å²) in [6, 6.07) is 3.31. The molecule has 0 aliphatic rings. The van der Waals surface area contributed by atoms with Crippen molar-refractivity contribution in [3.63, 3.8) is 0 Å². The molecule has 0 heterocycles. The molecule has 0 aromatic heterocycles. The molecule has 1 aromatic rings. The summed E-state index contributed by atoms with van der Waals surface area (Å²) in [4.78, 5) is 0.273. The average Bonchev–Trinajstić information content (AvgIpc) is 2.31. The number of benzene rings is 1. The van der Waals surface area contributed by atoms with E-state index in [1.807, 2.05) is 6.92 Å². The van der Waals surface area contributed by atoms with Crippen LogP contribution in [-0.4, -0.2) is 15.0 Å². The second-order valence-electron chi connectivity index (χ2n) is 6.43. The van der Waals surface area contributed by atoms with Gasteiger partial charge in [-0.2, -0.15) is 0 Å². The lowest BCUT2D eigenvalue weighted by Gasteiger charge is -2.29. The molecule has 0 aliphatic heterocycles. The van der Waals surface area contributed by atoms with E-state index in [1.54, 1.807) is 13.0 Å². The fourth-order valence-electron chi connectivity index (χ4n) is 1.70. The van der Waals surface area contributed by atoms with Gasteiger partial charge in [0.2, 0.25) is 10.0 Å². The van der Waals surface area contributed by atoms with Crippen LogP contribution in [0.4, 0.5) is 5.69 Å². The Bertz CT molecular complexity index is 590. The Balaban J connectivity index is 3.07. The van der Waals surface area contributed by atoms with Gasteiger partial charge in [-0.05, 0) is 48.4 Å². The van der Waals surface area contributed by atoms with E-state index >= 15 is 0 Å². The van der Waals surface area contributed by atoms with E-state index in [-0.39, 0.29) is 10.3 Å². The SMILES string of the molecule is Cc1cc(N)cc(S(=O)(=O)NCC(C)(C)C(C)C)c1C. The molecule has 0 atom stereocenters. The van der Waals surface area contributed by atoms with Crippen molar-refractivity contribution in [2.75, 3.05) is 12.3 Å². The van der Waals surface area contributed by atoms with Crippen LogP contribution in [0.15, 0.2) is 17.0 Å². The third kappa shape index (κ3) is 3.73. The van der Waals surface area contributed by atoms with Crippen molar-refractivity contribution in [1.82, 2.24) is 4.72 Å². The number of aryl methyl sites for hydroxylation is 1. The normalized spacial score (nSPS) is 12.9. The van der Waals surface area contributed by atoms with Crippen molar-refractivity contribution in [1.29, 1.82) is 0 Å². The van der Waals surface area contributed by atoms with Gasteiger partial charge in [-0.3, -0.25) is 0 Å².